The molecule has 8 aromatic rings. The second-order valence-corrected chi connectivity index (χ2v) is 34.2. The molecule has 4 heterocycles. The number of nitrogens with two attached hydrogens (primary N) is 2. The summed E-state index contributed by atoms with van der Waals surface area (Å²) in [7, 11) is 0. The lowest BCUT2D eigenvalue weighted by Gasteiger charge is -2.29. The number of nitrogens with one attached hydrogen (secondary N) is 11. The standard InChI is InChI=1S/C96H115N15O14S2/c1-57(112)84-93(124)102-69(86(98)117)33-22-24-48-99-80(115)45-49-110-76-43-39-61-27-15-17-30-66(61)82(76)95(3,4)78(110)35-13-8-7-9-14-36-79-96(5,6)83-67-31-18-16-28-62(67)40-44-77(83)111(79)50-46-81(116)101-71(51-59-25-11-10-12-26-59)88(119)106-74(55-126)91(122)104-72(52-60-37-41-64(114)42-38-60)89(120)105-73(53-63-54-100-68-32-20-19-29-65(63)68)90(121)103-70(34-21-23-47-97)87(118)108-85(58(2)113)94(125)107-75(56-127)92(123)109-84/h7-20,25-32,35-44,54,57-58,69-75,84-85,100,112-113H,21-24,33-34,45-53,55-56,97H2,1-6H3,(H14-,98,99,101,102,103,104,105,106,107,108,109,114,115,116,117,118,119,120,121,122,123,124,125,126,127)/t57-,58-,69+,70+,71-,72+,73-,74+,75+,84+,85+/m1/s1. The van der Waals surface area contributed by atoms with Crippen LogP contribution >= 0.6 is 25.3 Å². The molecular weight excluding hydrogens is 1650 g/mol. The van der Waals surface area contributed by atoms with E-state index in [0.717, 1.165) is 55.5 Å². The third-order valence-electron chi connectivity index (χ3n) is 23.5. The largest absolute Gasteiger partial charge is 0.872 e. The number of aromatic amines is 1. The zero-order valence-electron chi connectivity index (χ0n) is 72.2. The summed E-state index contributed by atoms with van der Waals surface area (Å²) >= 11 is 8.84. The fourth-order valence-electron chi connectivity index (χ4n) is 16.7. The van der Waals surface area contributed by atoms with Crippen LogP contribution in [0.3, 0.4) is 0 Å². The topological polar surface area (TPSA) is 446 Å². The third-order valence-corrected chi connectivity index (χ3v) is 24.2. The highest BCUT2D eigenvalue weighted by Gasteiger charge is 2.47. The van der Waals surface area contributed by atoms with Gasteiger partial charge in [-0.15, -0.1) is 5.75 Å². The summed E-state index contributed by atoms with van der Waals surface area (Å²) in [5.74, 6) is -10.4. The number of rotatable bonds is 15. The number of amides is 11. The van der Waals surface area contributed by atoms with Crippen molar-refractivity contribution in [1.82, 2.24) is 58.2 Å². The van der Waals surface area contributed by atoms with Crippen LogP contribution in [0.25, 0.3) is 32.4 Å². The van der Waals surface area contributed by atoms with Crippen molar-refractivity contribution >= 4 is 140 Å². The van der Waals surface area contributed by atoms with Gasteiger partial charge in [0.25, 0.3) is 0 Å². The monoisotopic (exact) mass is 1770 g/mol. The van der Waals surface area contributed by atoms with Crippen LogP contribution in [0.1, 0.15) is 121 Å². The van der Waals surface area contributed by atoms with E-state index in [4.69, 9.17) is 11.5 Å². The number of thiol groups is 2. The number of allylic oxidation sites excluding steroid dienone is 8. The number of benzene rings is 7. The predicted molar refractivity (Wildman–Crippen MR) is 495 cm³/mol. The third kappa shape index (κ3) is 24.0. The number of para-hydroxylation sites is 1. The van der Waals surface area contributed by atoms with Gasteiger partial charge in [0, 0.05) is 102 Å². The van der Waals surface area contributed by atoms with Crippen LogP contribution in [-0.2, 0) is 82.8 Å². The van der Waals surface area contributed by atoms with Gasteiger partial charge in [0.2, 0.25) is 70.7 Å². The van der Waals surface area contributed by atoms with Crippen LogP contribution in [0.2, 0.25) is 0 Å². The van der Waals surface area contributed by atoms with Gasteiger partial charge in [0.05, 0.1) is 24.0 Å². The van der Waals surface area contributed by atoms with E-state index in [1.54, 1.807) is 54.7 Å². The maximum atomic E-state index is 15.3. The Hall–Kier alpha value is -12.4. The molecule has 7 aromatic carbocycles. The molecule has 127 heavy (non-hydrogen) atoms. The Labute approximate surface area is 749 Å². The van der Waals surface area contributed by atoms with Crippen molar-refractivity contribution in [3.05, 3.63) is 234 Å². The first-order valence-corrected chi connectivity index (χ1v) is 44.3. The number of aromatic nitrogens is 1. The summed E-state index contributed by atoms with van der Waals surface area (Å²) in [5, 5.41) is 66.5. The van der Waals surface area contributed by atoms with Gasteiger partial charge in [-0.05, 0) is 141 Å². The highest BCUT2D eigenvalue weighted by atomic mass is 32.1. The van der Waals surface area contributed by atoms with Gasteiger partial charge in [-0.25, -0.2) is 0 Å². The molecular formula is C96H115N15O14S2. The van der Waals surface area contributed by atoms with Crippen molar-refractivity contribution in [1.29, 1.82) is 0 Å². The summed E-state index contributed by atoms with van der Waals surface area (Å²) < 4.78 is 2.13. The molecule has 670 valence electrons. The highest BCUT2D eigenvalue weighted by Crippen LogP contribution is 2.51. The van der Waals surface area contributed by atoms with Crippen molar-refractivity contribution in [3.8, 4) is 5.75 Å². The van der Waals surface area contributed by atoms with Crippen LogP contribution in [0.4, 0.5) is 11.4 Å². The number of carbonyl (C=O) groups is 11. The normalized spacial score (nSPS) is 23.9. The van der Waals surface area contributed by atoms with E-state index in [2.05, 4.69) is 175 Å². The first-order valence-electron chi connectivity index (χ1n) is 43.0. The lowest BCUT2D eigenvalue weighted by atomic mass is 9.79. The van der Waals surface area contributed by atoms with E-state index >= 15 is 14.4 Å². The molecule has 3 aliphatic heterocycles. The van der Waals surface area contributed by atoms with Crippen LogP contribution in [0.15, 0.2) is 206 Å². The van der Waals surface area contributed by atoms with Crippen molar-refractivity contribution in [2.24, 2.45) is 11.5 Å². The number of aliphatic hydroxyl groups excluding tert-OH is 2. The number of nitrogens with zero attached hydrogens (tertiary/aromatic N) is 2. The Balaban J connectivity index is 0.912. The number of carbonyl (C=O) groups excluding carboxylic acids is 11. The maximum absolute atomic E-state index is 15.3. The second-order valence-electron chi connectivity index (χ2n) is 33.4. The zero-order chi connectivity index (χ0) is 91.2. The molecule has 11 atom stereocenters. The Kier molecular flexibility index (Phi) is 33.1. The molecule has 0 radical (unpaired) electrons. The predicted octanol–water partition coefficient (Wildman–Crippen LogP) is 5.68. The average Bonchev–Trinajstić information content (AvgIpc) is 1.58. The Morgan fingerprint density at radius 2 is 1.05 bits per heavy atom. The second kappa shape index (κ2) is 44.1. The number of primary amides is 1. The summed E-state index contributed by atoms with van der Waals surface area (Å²) in [5.41, 5.74) is 18.8. The van der Waals surface area contributed by atoms with Crippen molar-refractivity contribution in [3.63, 3.8) is 0 Å². The van der Waals surface area contributed by atoms with Crippen molar-refractivity contribution < 1.29 is 72.6 Å². The van der Waals surface area contributed by atoms with Crippen LogP contribution in [-0.4, -0.2) is 195 Å². The molecule has 0 spiro atoms. The number of H-pyrrole nitrogens is 1. The van der Waals surface area contributed by atoms with Crippen LogP contribution in [0.5, 0.6) is 5.75 Å². The fourth-order valence-corrected chi connectivity index (χ4v) is 17.3. The zero-order valence-corrected chi connectivity index (χ0v) is 74.0. The molecule has 1 aromatic heterocycles. The number of unbranched alkanes of at least 4 members (excludes halogenated alkanes) is 1. The summed E-state index contributed by atoms with van der Waals surface area (Å²) in [6.07, 6.45) is 12.8. The molecule has 11 rings (SSSR count). The number of aliphatic hydroxyl groups is 2. The Morgan fingerprint density at radius 1 is 0.528 bits per heavy atom. The van der Waals surface area contributed by atoms with Gasteiger partial charge in [-0.3, -0.25) is 52.7 Å². The molecule has 0 bridgehead atoms. The van der Waals surface area contributed by atoms with Crippen molar-refractivity contribution in [2.45, 2.75) is 190 Å². The summed E-state index contributed by atoms with van der Waals surface area (Å²) in [6, 6.07) is 32.4. The lowest BCUT2D eigenvalue weighted by Crippen LogP contribution is -2.63. The molecule has 0 fully saturated rings. The van der Waals surface area contributed by atoms with E-state index < -0.39 is 142 Å². The Morgan fingerprint density at radius 3 is 1.68 bits per heavy atom. The molecule has 0 aliphatic carbocycles. The number of hydrogen-bond donors (Lipinski definition) is 17. The Bertz CT molecular complexity index is 5510. The van der Waals surface area contributed by atoms with Crippen molar-refractivity contribution in [2.75, 3.05) is 42.6 Å². The lowest BCUT2D eigenvalue weighted by molar-refractivity contribution is -0.436. The van der Waals surface area contributed by atoms with E-state index in [1.165, 1.54) is 38.1 Å². The van der Waals surface area contributed by atoms with E-state index in [9.17, 15) is 53.7 Å². The number of fused-ring (bicyclic) bond motifs is 10. The number of hydrogen-bond acceptors (Lipinski definition) is 18. The van der Waals surface area contributed by atoms with Gasteiger partial charge in [0.15, 0.2) is 12.3 Å². The van der Waals surface area contributed by atoms with Gasteiger partial charge in [0.1, 0.15) is 54.4 Å². The van der Waals surface area contributed by atoms with Gasteiger partial charge in [-0.1, -0.05) is 172 Å². The van der Waals surface area contributed by atoms with Crippen LogP contribution in [0, 0.1) is 0 Å². The molecule has 29 nitrogen and oxygen atoms in total. The van der Waals surface area contributed by atoms with Crippen LogP contribution < -0.4 is 74.6 Å². The molecule has 0 saturated carbocycles. The van der Waals surface area contributed by atoms with Gasteiger partial charge < -0.3 is 89.8 Å². The maximum Gasteiger partial charge on any atom is 0.245 e. The van der Waals surface area contributed by atoms with E-state index in [-0.39, 0.29) is 94.8 Å². The first kappa shape index (κ1) is 95.2. The molecule has 31 heteroatoms. The minimum atomic E-state index is -1.84. The minimum absolute atomic E-state index is 0.00451. The first-order chi connectivity index (χ1) is 60.9. The average molecular weight is 1770 g/mol. The quantitative estimate of drug-likeness (QED) is 0.0333. The fraction of sp³-hybridized carbons (Fsp3) is 0.375. The van der Waals surface area contributed by atoms with Gasteiger partial charge >= 0.3 is 0 Å². The molecule has 0 saturated heterocycles. The summed E-state index contributed by atoms with van der Waals surface area (Å²) in [4.78, 5) is 165. The molecule has 3 aliphatic rings. The molecule has 0 unspecified atom stereocenters. The van der Waals surface area contributed by atoms with E-state index in [0.29, 0.717) is 47.0 Å². The minimum Gasteiger partial charge on any atom is -0.872 e. The SMILES string of the molecule is C[C@@H](O)[C@@H]1NC(=O)[C@H](CS)NC(=O)[C@H]([C@@H](C)O)NC(=O)[C@H](CCCCN)NC(=O)[C@@H](Cc2c[nH]c3ccccc23)NC(=O)[C@H](Cc2ccc([O-])cc2)NC(=O)[C@H](CS)NC(=O)[C@@H](Cc2ccccc2)NC(=O)CC[N+]2=C(/C=C/C=C/C=C/C=C3/N(CCC(=O)NCCCC[C@@H](C(N)=O)NC1=O)c1ccc4ccccc4c1C3(C)C)C(C)(C)c1c2ccc2ccccc12. The molecule has 11 amide bonds. The number of anilines is 1. The smallest absolute Gasteiger partial charge is 0.245 e. The highest BCUT2D eigenvalue weighted by molar-refractivity contribution is 7.80. The van der Waals surface area contributed by atoms with E-state index in [1.807, 2.05) is 66.8 Å². The molecule has 17 N–H and O–H groups in total. The summed E-state index contributed by atoms with van der Waals surface area (Å²) in [6.45, 7) is 11.9. The van der Waals surface area contributed by atoms with Gasteiger partial charge in [-0.2, -0.15) is 29.8 Å².